The lowest BCUT2D eigenvalue weighted by Crippen LogP contribution is -2.47. The Morgan fingerprint density at radius 2 is 1.60 bits per heavy atom. The molecule has 0 spiro atoms. The fourth-order valence-electron chi connectivity index (χ4n) is 1.80. The van der Waals surface area contributed by atoms with Crippen molar-refractivity contribution < 1.29 is 54.6 Å². The van der Waals surface area contributed by atoms with E-state index in [0.717, 1.165) is 6.92 Å². The highest BCUT2D eigenvalue weighted by Crippen LogP contribution is 2.21. The van der Waals surface area contributed by atoms with Gasteiger partial charge in [0.05, 0.1) is 5.92 Å². The summed E-state index contributed by atoms with van der Waals surface area (Å²) in [6.45, 7) is 2.51. The van der Waals surface area contributed by atoms with Gasteiger partial charge in [-0.25, -0.2) is 4.79 Å². The molecule has 0 amide bonds. The molecule has 11 heteroatoms. The molecule has 25 heavy (non-hydrogen) atoms. The molecule has 1 rings (SSSR count). The third kappa shape index (κ3) is 6.23. The van der Waals surface area contributed by atoms with E-state index >= 15 is 0 Å². The molecule has 144 valence electrons. The number of hydrogen-bond acceptors (Lipinski definition) is 11. The van der Waals surface area contributed by atoms with Crippen LogP contribution in [0.4, 0.5) is 0 Å². The second-order valence-electron chi connectivity index (χ2n) is 5.50. The molecule has 1 aliphatic rings. The van der Waals surface area contributed by atoms with Crippen molar-refractivity contribution in [2.24, 2.45) is 5.92 Å². The SMILES string of the molecule is CC(=O)C(O)C(O)C(O)C(O)C=O.CC(C=O)C1OC(=O)C(O)C1O. The lowest BCUT2D eigenvalue weighted by molar-refractivity contribution is -0.148. The Labute approximate surface area is 142 Å². The van der Waals surface area contributed by atoms with Crippen molar-refractivity contribution in [2.75, 3.05) is 0 Å². The topological polar surface area (TPSA) is 199 Å². The van der Waals surface area contributed by atoms with Gasteiger partial charge in [-0.15, -0.1) is 0 Å². The van der Waals surface area contributed by atoms with E-state index < -0.39 is 60.4 Å². The number of Topliss-reactive ketones (excluding diaryl/α,β-unsaturated/α-hetero) is 1. The van der Waals surface area contributed by atoms with Gasteiger partial charge in [0.1, 0.15) is 42.9 Å². The van der Waals surface area contributed by atoms with Crippen molar-refractivity contribution in [1.82, 2.24) is 0 Å². The Morgan fingerprint density at radius 3 is 1.92 bits per heavy atom. The van der Waals surface area contributed by atoms with Crippen molar-refractivity contribution in [2.45, 2.75) is 56.6 Å². The minimum atomic E-state index is -1.86. The summed E-state index contributed by atoms with van der Waals surface area (Å²) in [5.74, 6) is -2.23. The Bertz CT molecular complexity index is 479. The minimum Gasteiger partial charge on any atom is -0.457 e. The van der Waals surface area contributed by atoms with Gasteiger partial charge in [-0.3, -0.25) is 4.79 Å². The van der Waals surface area contributed by atoms with Crippen LogP contribution in [0.5, 0.6) is 0 Å². The van der Waals surface area contributed by atoms with Gasteiger partial charge in [-0.1, -0.05) is 6.92 Å². The van der Waals surface area contributed by atoms with Crippen molar-refractivity contribution in [3.63, 3.8) is 0 Å². The average molecular weight is 366 g/mol. The maximum atomic E-state index is 10.7. The van der Waals surface area contributed by atoms with Crippen LogP contribution in [-0.4, -0.2) is 97.7 Å². The average Bonchev–Trinajstić information content (AvgIpc) is 2.86. The number of aliphatic hydroxyl groups is 6. The first-order valence-electron chi connectivity index (χ1n) is 7.19. The zero-order chi connectivity index (χ0) is 19.9. The second kappa shape index (κ2) is 10.3. The number of hydrogen-bond donors (Lipinski definition) is 6. The highest BCUT2D eigenvalue weighted by molar-refractivity contribution is 5.81. The molecule has 0 bridgehead atoms. The van der Waals surface area contributed by atoms with Gasteiger partial charge in [-0.05, 0) is 6.92 Å². The maximum Gasteiger partial charge on any atom is 0.338 e. The first-order chi connectivity index (χ1) is 11.5. The Kier molecular flexibility index (Phi) is 9.56. The van der Waals surface area contributed by atoms with E-state index in [1.807, 2.05) is 0 Å². The second-order valence-corrected chi connectivity index (χ2v) is 5.50. The summed E-state index contributed by atoms with van der Waals surface area (Å²) in [4.78, 5) is 41.4. The Hall–Kier alpha value is -1.76. The van der Waals surface area contributed by atoms with Crippen LogP contribution in [-0.2, 0) is 23.9 Å². The Balaban J connectivity index is 0.000000462. The van der Waals surface area contributed by atoms with Crippen molar-refractivity contribution in [3.05, 3.63) is 0 Å². The van der Waals surface area contributed by atoms with Gasteiger partial charge in [0.2, 0.25) is 0 Å². The number of cyclic esters (lactones) is 1. The van der Waals surface area contributed by atoms with E-state index in [1.165, 1.54) is 6.92 Å². The van der Waals surface area contributed by atoms with E-state index in [1.54, 1.807) is 0 Å². The van der Waals surface area contributed by atoms with Crippen molar-refractivity contribution in [1.29, 1.82) is 0 Å². The number of aliphatic hydroxyl groups excluding tert-OH is 6. The predicted octanol–water partition coefficient (Wildman–Crippen LogP) is -4.31. The monoisotopic (exact) mass is 366 g/mol. The maximum absolute atomic E-state index is 10.7. The molecule has 0 aliphatic carbocycles. The molecule has 0 aromatic heterocycles. The van der Waals surface area contributed by atoms with Crippen LogP contribution < -0.4 is 0 Å². The number of ether oxygens (including phenoxy) is 1. The van der Waals surface area contributed by atoms with Crippen LogP contribution in [0.3, 0.4) is 0 Å². The number of ketones is 1. The van der Waals surface area contributed by atoms with Crippen molar-refractivity contribution >= 4 is 24.3 Å². The number of aldehydes is 2. The van der Waals surface area contributed by atoms with E-state index in [4.69, 9.17) is 25.5 Å². The molecule has 0 aromatic carbocycles. The van der Waals surface area contributed by atoms with Crippen LogP contribution >= 0.6 is 0 Å². The van der Waals surface area contributed by atoms with E-state index in [-0.39, 0.29) is 6.29 Å². The quantitative estimate of drug-likeness (QED) is 0.188. The van der Waals surface area contributed by atoms with Gasteiger partial charge in [-0.2, -0.15) is 0 Å². The highest BCUT2D eigenvalue weighted by atomic mass is 16.6. The highest BCUT2D eigenvalue weighted by Gasteiger charge is 2.45. The van der Waals surface area contributed by atoms with Crippen LogP contribution in [0, 0.1) is 5.92 Å². The summed E-state index contributed by atoms with van der Waals surface area (Å²) < 4.78 is 4.57. The lowest BCUT2D eigenvalue weighted by atomic mass is 10.0. The smallest absolute Gasteiger partial charge is 0.338 e. The molecule has 0 aromatic rings. The molecule has 1 saturated heterocycles. The molecule has 0 radical (unpaired) electrons. The molecule has 6 N–H and O–H groups in total. The molecule has 1 fully saturated rings. The number of esters is 1. The number of carbonyl (C=O) groups excluding carboxylic acids is 4. The van der Waals surface area contributed by atoms with Gasteiger partial charge in [0.15, 0.2) is 18.2 Å². The summed E-state index contributed by atoms with van der Waals surface area (Å²) >= 11 is 0. The fourth-order valence-corrected chi connectivity index (χ4v) is 1.80. The third-order valence-corrected chi connectivity index (χ3v) is 3.47. The first kappa shape index (κ1) is 23.2. The van der Waals surface area contributed by atoms with Crippen molar-refractivity contribution in [3.8, 4) is 0 Å². The molecule has 0 saturated carbocycles. The third-order valence-electron chi connectivity index (χ3n) is 3.47. The fraction of sp³-hybridized carbons (Fsp3) is 0.714. The summed E-state index contributed by atoms with van der Waals surface area (Å²) in [7, 11) is 0. The zero-order valence-corrected chi connectivity index (χ0v) is 13.5. The molecular formula is C14H22O11. The summed E-state index contributed by atoms with van der Waals surface area (Å²) in [6.07, 6.45) is -10.5. The standard InChI is InChI=1S/C7H12O6.C7H10O5/c1-3(9)5(11)7(13)6(12)4(10)2-8;1-3(2-8)6-4(9)5(10)7(11)12-6/h2,4-7,10-13H,1H3;2-6,9-10H,1H3. The van der Waals surface area contributed by atoms with Gasteiger partial charge in [0, 0.05) is 0 Å². The number of carbonyl (C=O) groups is 4. The molecular weight excluding hydrogens is 344 g/mol. The van der Waals surface area contributed by atoms with Crippen LogP contribution in [0.1, 0.15) is 13.8 Å². The molecule has 8 unspecified atom stereocenters. The summed E-state index contributed by atoms with van der Waals surface area (Å²) in [5, 5.41) is 53.7. The predicted molar refractivity (Wildman–Crippen MR) is 77.9 cm³/mol. The van der Waals surface area contributed by atoms with Gasteiger partial charge in [0.25, 0.3) is 0 Å². The van der Waals surface area contributed by atoms with E-state index in [2.05, 4.69) is 4.74 Å². The van der Waals surface area contributed by atoms with Gasteiger partial charge < -0.3 is 45.0 Å². The van der Waals surface area contributed by atoms with Gasteiger partial charge >= 0.3 is 5.97 Å². The Morgan fingerprint density at radius 1 is 1.08 bits per heavy atom. The van der Waals surface area contributed by atoms with Crippen LogP contribution in [0.25, 0.3) is 0 Å². The molecule has 8 atom stereocenters. The summed E-state index contributed by atoms with van der Waals surface area (Å²) in [6, 6.07) is 0. The molecule has 11 nitrogen and oxygen atoms in total. The van der Waals surface area contributed by atoms with E-state index in [9.17, 15) is 24.3 Å². The minimum absolute atomic E-state index is 0.000737. The van der Waals surface area contributed by atoms with E-state index in [0.29, 0.717) is 6.29 Å². The molecule has 1 heterocycles. The normalized spacial score (nSPS) is 28.5. The largest absolute Gasteiger partial charge is 0.457 e. The summed E-state index contributed by atoms with van der Waals surface area (Å²) in [5.41, 5.74) is 0. The number of rotatable bonds is 7. The van der Waals surface area contributed by atoms with Crippen LogP contribution in [0.15, 0.2) is 0 Å². The zero-order valence-electron chi connectivity index (χ0n) is 13.5. The van der Waals surface area contributed by atoms with Crippen LogP contribution in [0.2, 0.25) is 0 Å². The first-order valence-corrected chi connectivity index (χ1v) is 7.19. The molecule has 1 aliphatic heterocycles. The lowest BCUT2D eigenvalue weighted by Gasteiger charge is -2.22.